The minimum atomic E-state index is -3.98. The number of hydrogen-bond acceptors (Lipinski definition) is 3. The molecule has 0 aliphatic rings. The predicted molar refractivity (Wildman–Crippen MR) is 84.0 cm³/mol. The topological polar surface area (TPSA) is 89.3 Å². The van der Waals surface area contributed by atoms with Gasteiger partial charge in [-0.1, -0.05) is 25.4 Å². The minimum absolute atomic E-state index is 0.0443. The first-order chi connectivity index (χ1) is 9.54. The molecule has 118 valence electrons. The van der Waals surface area contributed by atoms with Crippen molar-refractivity contribution in [3.05, 3.63) is 28.3 Å². The lowest BCUT2D eigenvalue weighted by Gasteiger charge is -2.28. The molecule has 0 aliphatic heterocycles. The Morgan fingerprint density at radius 1 is 1.33 bits per heavy atom. The molecule has 1 rings (SSSR count). The van der Waals surface area contributed by atoms with Gasteiger partial charge in [-0.2, -0.15) is 0 Å². The van der Waals surface area contributed by atoms with Crippen LogP contribution in [0.1, 0.15) is 49.5 Å². The van der Waals surface area contributed by atoms with Gasteiger partial charge in [0.1, 0.15) is 4.90 Å². The van der Waals surface area contributed by atoms with Gasteiger partial charge in [0, 0.05) is 11.1 Å². The lowest BCUT2D eigenvalue weighted by molar-refractivity contribution is 0.0900. The molecule has 0 aromatic heterocycles. The van der Waals surface area contributed by atoms with Crippen molar-refractivity contribution in [3.8, 4) is 0 Å². The fourth-order valence-electron chi connectivity index (χ4n) is 1.85. The van der Waals surface area contributed by atoms with E-state index < -0.39 is 10.0 Å². The lowest BCUT2D eigenvalue weighted by atomic mass is 9.95. The quantitative estimate of drug-likeness (QED) is 0.868. The molecule has 0 radical (unpaired) electrons. The molecule has 1 aromatic carbocycles. The molecule has 0 saturated carbocycles. The summed E-state index contributed by atoms with van der Waals surface area (Å²) < 4.78 is 23.1. The molecular weight excluding hydrogens is 312 g/mol. The van der Waals surface area contributed by atoms with Crippen molar-refractivity contribution in [1.82, 2.24) is 5.32 Å². The number of benzene rings is 1. The van der Waals surface area contributed by atoms with Gasteiger partial charge in [0.05, 0.1) is 5.02 Å². The molecule has 0 unspecified atom stereocenters. The number of sulfonamides is 1. The number of hydrogen-bond donors (Lipinski definition) is 2. The highest BCUT2D eigenvalue weighted by Gasteiger charge is 2.24. The minimum Gasteiger partial charge on any atom is -0.347 e. The molecule has 7 heteroatoms. The highest BCUT2D eigenvalue weighted by molar-refractivity contribution is 7.89. The van der Waals surface area contributed by atoms with Gasteiger partial charge in [0.15, 0.2) is 0 Å². The molecule has 0 aliphatic carbocycles. The van der Waals surface area contributed by atoms with E-state index in [1.54, 1.807) is 13.0 Å². The van der Waals surface area contributed by atoms with Crippen LogP contribution in [-0.2, 0) is 10.0 Å². The molecular formula is C14H21ClN2O3S. The molecule has 3 N–H and O–H groups in total. The summed E-state index contributed by atoms with van der Waals surface area (Å²) in [6.07, 6.45) is 1.54. The van der Waals surface area contributed by atoms with Crippen LogP contribution in [0.2, 0.25) is 5.02 Å². The Morgan fingerprint density at radius 3 is 2.29 bits per heavy atom. The van der Waals surface area contributed by atoms with Crippen LogP contribution < -0.4 is 10.5 Å². The number of aryl methyl sites for hydroxylation is 1. The number of carbonyl (C=O) groups excluding carboxylic acids is 1. The summed E-state index contributed by atoms with van der Waals surface area (Å²) in [4.78, 5) is 12.1. The Balaban J connectivity index is 3.27. The molecule has 0 bridgehead atoms. The Morgan fingerprint density at radius 2 is 1.86 bits per heavy atom. The van der Waals surface area contributed by atoms with E-state index in [4.69, 9.17) is 16.7 Å². The SMILES string of the molecule is CCC(C)(CC)NC(=O)c1cc(C)c(Cl)c(S(N)(=O)=O)c1. The summed E-state index contributed by atoms with van der Waals surface area (Å²) in [7, 11) is -3.98. The van der Waals surface area contributed by atoms with Crippen molar-refractivity contribution in [2.45, 2.75) is 51.0 Å². The van der Waals surface area contributed by atoms with E-state index in [0.29, 0.717) is 5.56 Å². The Hall–Kier alpha value is -1.11. The highest BCUT2D eigenvalue weighted by atomic mass is 35.5. The van der Waals surface area contributed by atoms with Gasteiger partial charge >= 0.3 is 0 Å². The molecule has 0 heterocycles. The molecule has 1 aromatic rings. The summed E-state index contributed by atoms with van der Waals surface area (Å²) in [5.41, 5.74) is 0.379. The standard InChI is InChI=1S/C14H21ClN2O3S/c1-5-14(4,6-2)17-13(18)10-7-9(3)12(15)11(8-10)21(16,19)20/h7-8H,5-6H2,1-4H3,(H,17,18)(H2,16,19,20). The van der Waals surface area contributed by atoms with E-state index in [0.717, 1.165) is 12.8 Å². The van der Waals surface area contributed by atoms with Gasteiger partial charge in [-0.05, 0) is 44.4 Å². The maximum Gasteiger partial charge on any atom is 0.251 e. The van der Waals surface area contributed by atoms with Crippen LogP contribution in [0.5, 0.6) is 0 Å². The van der Waals surface area contributed by atoms with Crippen LogP contribution in [-0.4, -0.2) is 19.9 Å². The molecule has 1 amide bonds. The summed E-state index contributed by atoms with van der Waals surface area (Å²) in [6.45, 7) is 7.53. The zero-order chi connectivity index (χ0) is 16.4. The summed E-state index contributed by atoms with van der Waals surface area (Å²) >= 11 is 5.95. The second kappa shape index (κ2) is 6.34. The fraction of sp³-hybridized carbons (Fsp3) is 0.500. The van der Waals surface area contributed by atoms with Gasteiger partial charge in [-0.15, -0.1) is 0 Å². The van der Waals surface area contributed by atoms with E-state index in [2.05, 4.69) is 5.32 Å². The van der Waals surface area contributed by atoms with E-state index in [1.807, 2.05) is 20.8 Å². The van der Waals surface area contributed by atoms with Gasteiger partial charge in [0.2, 0.25) is 10.0 Å². The third-order valence-electron chi connectivity index (χ3n) is 3.77. The largest absolute Gasteiger partial charge is 0.347 e. The third-order valence-corrected chi connectivity index (χ3v) is 5.31. The van der Waals surface area contributed by atoms with Crippen LogP contribution in [0.3, 0.4) is 0 Å². The number of primary sulfonamides is 1. The van der Waals surface area contributed by atoms with Gasteiger partial charge in [0.25, 0.3) is 5.91 Å². The summed E-state index contributed by atoms with van der Waals surface area (Å²) in [6, 6.07) is 2.77. The first kappa shape index (κ1) is 17.9. The van der Waals surface area contributed by atoms with Crippen molar-refractivity contribution >= 4 is 27.5 Å². The molecule has 0 saturated heterocycles. The van der Waals surface area contributed by atoms with Crippen molar-refractivity contribution in [2.75, 3.05) is 0 Å². The molecule has 0 spiro atoms. The first-order valence-corrected chi connectivity index (χ1v) is 8.62. The summed E-state index contributed by atoms with van der Waals surface area (Å²) in [5.74, 6) is -0.342. The predicted octanol–water partition coefficient (Wildman–Crippen LogP) is 2.60. The number of rotatable bonds is 5. The normalized spacial score (nSPS) is 12.3. The van der Waals surface area contributed by atoms with Crippen LogP contribution in [0.15, 0.2) is 17.0 Å². The summed E-state index contributed by atoms with van der Waals surface area (Å²) in [5, 5.41) is 8.09. The van der Waals surface area contributed by atoms with Crippen LogP contribution >= 0.6 is 11.6 Å². The van der Waals surface area contributed by atoms with Gasteiger partial charge in [-0.25, -0.2) is 13.6 Å². The Bertz CT molecular complexity index is 652. The van der Waals surface area contributed by atoms with Crippen LogP contribution in [0, 0.1) is 6.92 Å². The van der Waals surface area contributed by atoms with Gasteiger partial charge in [-0.3, -0.25) is 4.79 Å². The zero-order valence-corrected chi connectivity index (χ0v) is 14.2. The zero-order valence-electron chi connectivity index (χ0n) is 12.7. The highest BCUT2D eigenvalue weighted by Crippen LogP contribution is 2.26. The molecule has 0 atom stereocenters. The maximum atomic E-state index is 12.3. The second-order valence-electron chi connectivity index (χ2n) is 5.37. The molecule has 5 nitrogen and oxygen atoms in total. The Labute approximate surface area is 130 Å². The number of nitrogens with two attached hydrogens (primary N) is 1. The van der Waals surface area contributed by atoms with E-state index in [1.165, 1.54) is 6.07 Å². The van der Waals surface area contributed by atoms with E-state index >= 15 is 0 Å². The lowest BCUT2D eigenvalue weighted by Crippen LogP contribution is -2.45. The third kappa shape index (κ3) is 4.18. The van der Waals surface area contributed by atoms with Crippen molar-refractivity contribution in [1.29, 1.82) is 0 Å². The van der Waals surface area contributed by atoms with E-state index in [-0.39, 0.29) is 26.9 Å². The van der Waals surface area contributed by atoms with Crippen molar-refractivity contribution in [3.63, 3.8) is 0 Å². The number of halogens is 1. The average Bonchev–Trinajstić information content (AvgIpc) is 2.40. The van der Waals surface area contributed by atoms with Crippen LogP contribution in [0.25, 0.3) is 0 Å². The smallest absolute Gasteiger partial charge is 0.251 e. The van der Waals surface area contributed by atoms with Gasteiger partial charge < -0.3 is 5.32 Å². The average molecular weight is 333 g/mol. The van der Waals surface area contributed by atoms with Crippen molar-refractivity contribution < 1.29 is 13.2 Å². The van der Waals surface area contributed by atoms with E-state index in [9.17, 15) is 13.2 Å². The first-order valence-electron chi connectivity index (χ1n) is 6.69. The number of carbonyl (C=O) groups is 1. The maximum absolute atomic E-state index is 12.3. The fourth-order valence-corrected chi connectivity index (χ4v) is 2.98. The van der Waals surface area contributed by atoms with Crippen molar-refractivity contribution in [2.24, 2.45) is 5.14 Å². The second-order valence-corrected chi connectivity index (χ2v) is 7.28. The van der Waals surface area contributed by atoms with Crippen LogP contribution in [0.4, 0.5) is 0 Å². The number of amides is 1. The monoisotopic (exact) mass is 332 g/mol. The Kier molecular flexibility index (Phi) is 5.41. The molecule has 21 heavy (non-hydrogen) atoms. The molecule has 0 fully saturated rings. The number of nitrogens with one attached hydrogen (secondary N) is 1.